The van der Waals surface area contributed by atoms with Crippen LogP contribution in [0, 0.1) is 0 Å². The molecule has 2 unspecified atom stereocenters. The van der Waals surface area contributed by atoms with E-state index in [1.54, 1.807) is 18.2 Å². The van der Waals surface area contributed by atoms with E-state index in [2.05, 4.69) is 22.2 Å². The molecule has 3 rings (SSSR count). The zero-order valence-electron chi connectivity index (χ0n) is 13.4. The van der Waals surface area contributed by atoms with Crippen LogP contribution in [0.15, 0.2) is 23.5 Å². The van der Waals surface area contributed by atoms with Crippen molar-refractivity contribution in [3.8, 4) is 0 Å². The molecule has 2 fully saturated rings. The molecule has 5 heteroatoms. The molecule has 2 saturated heterocycles. The van der Waals surface area contributed by atoms with Crippen LogP contribution in [0.25, 0.3) is 12.2 Å². The van der Waals surface area contributed by atoms with Gasteiger partial charge in [-0.3, -0.25) is 9.59 Å². The average Bonchev–Trinajstić information content (AvgIpc) is 2.86. The summed E-state index contributed by atoms with van der Waals surface area (Å²) >= 11 is 0. The summed E-state index contributed by atoms with van der Waals surface area (Å²) in [7, 11) is 0. The number of hydrogen-bond donors (Lipinski definition) is 3. The molecule has 1 amide bonds. The van der Waals surface area contributed by atoms with Gasteiger partial charge in [0.2, 0.25) is 0 Å². The minimum absolute atomic E-state index is 0.147. The fourth-order valence-electron chi connectivity index (χ4n) is 3.66. The first-order chi connectivity index (χ1) is 11.1. The number of aromatic amines is 1. The number of amides is 1. The number of piperidine rings is 1. The van der Waals surface area contributed by atoms with Crippen LogP contribution >= 0.6 is 0 Å². The number of fused-ring (bicyclic) bond motifs is 2. The van der Waals surface area contributed by atoms with Crippen LogP contribution in [0.5, 0.6) is 0 Å². The molecule has 2 atom stereocenters. The van der Waals surface area contributed by atoms with Crippen LogP contribution in [0.4, 0.5) is 0 Å². The average molecular weight is 313 g/mol. The van der Waals surface area contributed by atoms with E-state index in [4.69, 9.17) is 0 Å². The SMILES string of the molecule is C=C/C=c1/[nH]c(=O)c(C(=O)NC2CC3CCC(C2)N3)c/c1=C/C. The summed E-state index contributed by atoms with van der Waals surface area (Å²) in [4.78, 5) is 27.5. The van der Waals surface area contributed by atoms with Gasteiger partial charge in [0.25, 0.3) is 11.5 Å². The van der Waals surface area contributed by atoms with Crippen molar-refractivity contribution in [3.05, 3.63) is 45.2 Å². The molecule has 5 nitrogen and oxygen atoms in total. The first kappa shape index (κ1) is 15.7. The number of carbonyl (C=O) groups is 1. The largest absolute Gasteiger partial charge is 0.349 e. The Bertz CT molecular complexity index is 781. The van der Waals surface area contributed by atoms with E-state index in [0.717, 1.165) is 18.1 Å². The van der Waals surface area contributed by atoms with Gasteiger partial charge in [0.05, 0.1) is 0 Å². The Hall–Kier alpha value is -2.14. The highest BCUT2D eigenvalue weighted by molar-refractivity contribution is 5.94. The number of hydrogen-bond acceptors (Lipinski definition) is 3. The molecule has 23 heavy (non-hydrogen) atoms. The van der Waals surface area contributed by atoms with Crippen molar-refractivity contribution in [1.82, 2.24) is 15.6 Å². The number of aromatic nitrogens is 1. The predicted molar refractivity (Wildman–Crippen MR) is 91.5 cm³/mol. The Balaban J connectivity index is 1.84. The van der Waals surface area contributed by atoms with Crippen LogP contribution < -0.4 is 26.8 Å². The van der Waals surface area contributed by atoms with Gasteiger partial charge in [-0.2, -0.15) is 0 Å². The maximum atomic E-state index is 12.5. The number of rotatable bonds is 3. The summed E-state index contributed by atoms with van der Waals surface area (Å²) in [5, 5.41) is 8.07. The monoisotopic (exact) mass is 313 g/mol. The molecule has 1 aromatic heterocycles. The summed E-state index contributed by atoms with van der Waals surface area (Å²) in [5.74, 6) is -0.286. The van der Waals surface area contributed by atoms with Gasteiger partial charge in [-0.15, -0.1) is 0 Å². The Labute approximate surface area is 135 Å². The van der Waals surface area contributed by atoms with E-state index in [1.807, 2.05) is 13.0 Å². The zero-order chi connectivity index (χ0) is 16.4. The van der Waals surface area contributed by atoms with Crippen molar-refractivity contribution >= 4 is 18.1 Å². The van der Waals surface area contributed by atoms with Gasteiger partial charge in [0, 0.05) is 23.5 Å². The highest BCUT2D eigenvalue weighted by atomic mass is 16.2. The second-order valence-corrected chi connectivity index (χ2v) is 6.35. The molecule has 3 N–H and O–H groups in total. The van der Waals surface area contributed by atoms with Crippen LogP contribution in [0.3, 0.4) is 0 Å². The van der Waals surface area contributed by atoms with Gasteiger partial charge in [-0.25, -0.2) is 0 Å². The second-order valence-electron chi connectivity index (χ2n) is 6.35. The van der Waals surface area contributed by atoms with Crippen LogP contribution in [-0.4, -0.2) is 29.0 Å². The standard InChI is InChI=1S/C18H23N3O2/c1-3-5-16-11(4-2)8-15(18(23)21-16)17(22)20-14-9-12-6-7-13(10-14)19-12/h3-5,8,12-14,19H,1,6-7,9-10H2,2H3,(H,20,22)(H,21,23)/b11-4-,16-5+. The lowest BCUT2D eigenvalue weighted by atomic mass is 9.99. The first-order valence-corrected chi connectivity index (χ1v) is 8.20. The van der Waals surface area contributed by atoms with E-state index < -0.39 is 0 Å². The number of nitrogens with one attached hydrogen (secondary N) is 3. The summed E-state index contributed by atoms with van der Waals surface area (Å²) in [6.07, 6.45) is 9.44. The van der Waals surface area contributed by atoms with E-state index in [-0.39, 0.29) is 23.1 Å². The topological polar surface area (TPSA) is 74.0 Å². The lowest BCUT2D eigenvalue weighted by Gasteiger charge is -2.29. The van der Waals surface area contributed by atoms with E-state index in [0.29, 0.717) is 17.4 Å². The third-order valence-electron chi connectivity index (χ3n) is 4.75. The molecule has 0 radical (unpaired) electrons. The summed E-state index contributed by atoms with van der Waals surface area (Å²) < 4.78 is 0. The van der Waals surface area contributed by atoms with Gasteiger partial charge < -0.3 is 15.6 Å². The van der Waals surface area contributed by atoms with Crippen molar-refractivity contribution in [1.29, 1.82) is 0 Å². The lowest BCUT2D eigenvalue weighted by molar-refractivity contribution is 0.0922. The molecule has 0 aromatic carbocycles. The Morgan fingerprint density at radius 2 is 2.04 bits per heavy atom. The quantitative estimate of drug-likeness (QED) is 0.744. The van der Waals surface area contributed by atoms with Crippen LogP contribution in [0.1, 0.15) is 43.0 Å². The summed E-state index contributed by atoms with van der Waals surface area (Å²) in [6.45, 7) is 5.51. The molecular weight excluding hydrogens is 290 g/mol. The fourth-order valence-corrected chi connectivity index (χ4v) is 3.66. The van der Waals surface area contributed by atoms with Crippen molar-refractivity contribution in [2.75, 3.05) is 0 Å². The number of allylic oxidation sites excluding steroid dienone is 1. The Morgan fingerprint density at radius 3 is 2.65 bits per heavy atom. The molecule has 2 bridgehead atoms. The highest BCUT2D eigenvalue weighted by Gasteiger charge is 2.34. The fraction of sp³-hybridized carbons (Fsp3) is 0.444. The minimum Gasteiger partial charge on any atom is -0.349 e. The van der Waals surface area contributed by atoms with E-state index >= 15 is 0 Å². The Kier molecular flexibility index (Phi) is 4.48. The molecule has 3 heterocycles. The zero-order valence-corrected chi connectivity index (χ0v) is 13.4. The van der Waals surface area contributed by atoms with Crippen LogP contribution in [-0.2, 0) is 0 Å². The van der Waals surface area contributed by atoms with E-state index in [1.165, 1.54) is 12.8 Å². The van der Waals surface area contributed by atoms with Gasteiger partial charge in [0.1, 0.15) is 5.56 Å². The molecule has 1 aromatic rings. The normalized spacial score (nSPS) is 28.0. The molecule has 122 valence electrons. The van der Waals surface area contributed by atoms with Crippen molar-refractivity contribution < 1.29 is 4.79 Å². The number of pyridine rings is 1. The number of H-pyrrole nitrogens is 1. The molecule has 2 aliphatic heterocycles. The summed E-state index contributed by atoms with van der Waals surface area (Å²) in [5.41, 5.74) is -0.191. The smallest absolute Gasteiger partial charge is 0.261 e. The first-order valence-electron chi connectivity index (χ1n) is 8.20. The second kappa shape index (κ2) is 6.54. The maximum absolute atomic E-state index is 12.5. The van der Waals surface area contributed by atoms with Crippen LogP contribution in [0.2, 0.25) is 0 Å². The van der Waals surface area contributed by atoms with Gasteiger partial charge >= 0.3 is 0 Å². The lowest BCUT2D eigenvalue weighted by Crippen LogP contribution is -2.49. The molecular formula is C18H23N3O2. The molecule has 0 spiro atoms. The third kappa shape index (κ3) is 3.29. The highest BCUT2D eigenvalue weighted by Crippen LogP contribution is 2.26. The van der Waals surface area contributed by atoms with Gasteiger partial charge in [-0.05, 0) is 50.0 Å². The Morgan fingerprint density at radius 1 is 1.35 bits per heavy atom. The molecule has 0 aliphatic carbocycles. The predicted octanol–water partition coefficient (Wildman–Crippen LogP) is 0.155. The molecule has 0 saturated carbocycles. The number of carbonyl (C=O) groups excluding carboxylic acids is 1. The minimum atomic E-state index is -0.363. The van der Waals surface area contributed by atoms with E-state index in [9.17, 15) is 9.59 Å². The molecule has 2 aliphatic rings. The van der Waals surface area contributed by atoms with Gasteiger partial charge in [0.15, 0.2) is 0 Å². The maximum Gasteiger partial charge on any atom is 0.261 e. The summed E-state index contributed by atoms with van der Waals surface area (Å²) in [6, 6.07) is 2.80. The van der Waals surface area contributed by atoms with Crippen molar-refractivity contribution in [2.45, 2.75) is 50.7 Å². The van der Waals surface area contributed by atoms with Gasteiger partial charge in [-0.1, -0.05) is 18.7 Å². The van der Waals surface area contributed by atoms with Crippen molar-refractivity contribution in [3.63, 3.8) is 0 Å². The van der Waals surface area contributed by atoms with Crippen molar-refractivity contribution in [2.24, 2.45) is 0 Å². The third-order valence-corrected chi connectivity index (χ3v) is 4.75.